The molecule has 5 nitrogen and oxygen atoms in total. The van der Waals surface area contributed by atoms with Gasteiger partial charge in [0.15, 0.2) is 9.84 Å². The molecule has 154 valence electrons. The lowest BCUT2D eigenvalue weighted by Crippen LogP contribution is -2.19. The summed E-state index contributed by atoms with van der Waals surface area (Å²) in [6.45, 7) is 0. The average molecular weight is 459 g/mol. The highest BCUT2D eigenvalue weighted by Gasteiger charge is 2.28. The lowest BCUT2D eigenvalue weighted by molar-refractivity contribution is 0.262. The molecule has 30 heavy (non-hydrogen) atoms. The van der Waals surface area contributed by atoms with Gasteiger partial charge in [-0.2, -0.15) is 0 Å². The minimum Gasteiger partial charge on any atom is -0.306 e. The molecular formula is C22H19ClN2O3S2. The molecule has 0 aliphatic heterocycles. The molecule has 1 aliphatic carbocycles. The van der Waals surface area contributed by atoms with Crippen molar-refractivity contribution in [3.8, 4) is 0 Å². The second-order valence-corrected chi connectivity index (χ2v) is 10.5. The van der Waals surface area contributed by atoms with Crippen molar-refractivity contribution in [1.29, 1.82) is 0 Å². The molecule has 0 saturated heterocycles. The van der Waals surface area contributed by atoms with Crippen LogP contribution in [-0.2, 0) is 22.0 Å². The van der Waals surface area contributed by atoms with Crippen molar-refractivity contribution in [3.63, 3.8) is 0 Å². The summed E-state index contributed by atoms with van der Waals surface area (Å²) in [7, 11) is -3.56. The Bertz CT molecular complexity index is 1220. The topological polar surface area (TPSA) is 75.3 Å². The molecule has 0 saturated carbocycles. The molecule has 3 aromatic rings. The number of allylic oxidation sites excluding steroid dienone is 1. The van der Waals surface area contributed by atoms with Gasteiger partial charge in [-0.25, -0.2) is 13.2 Å². The summed E-state index contributed by atoms with van der Waals surface area (Å²) in [5.41, 5.74) is 2.74. The van der Waals surface area contributed by atoms with Crippen molar-refractivity contribution in [2.75, 3.05) is 10.6 Å². The predicted octanol–water partition coefficient (Wildman–Crippen LogP) is 5.98. The molecule has 2 N–H and O–H groups in total. The van der Waals surface area contributed by atoms with Crippen molar-refractivity contribution in [3.05, 3.63) is 82.4 Å². The number of fused-ring (bicyclic) bond motifs is 1. The quantitative estimate of drug-likeness (QED) is 0.493. The summed E-state index contributed by atoms with van der Waals surface area (Å²) in [6.07, 6.45) is 5.27. The van der Waals surface area contributed by atoms with Gasteiger partial charge in [0.1, 0.15) is 9.21 Å². The first kappa shape index (κ1) is 20.7. The zero-order chi connectivity index (χ0) is 21.1. The average Bonchev–Trinajstić information content (AvgIpc) is 3.10. The molecule has 2 aromatic carbocycles. The van der Waals surface area contributed by atoms with Gasteiger partial charge in [-0.05, 0) is 36.1 Å². The summed E-state index contributed by atoms with van der Waals surface area (Å²) in [6, 6.07) is 15.5. The summed E-state index contributed by atoms with van der Waals surface area (Å²) >= 11 is 7.20. The number of carbonyl (C=O) groups is 1. The first-order chi connectivity index (χ1) is 14.4. The van der Waals surface area contributed by atoms with Gasteiger partial charge in [-0.3, -0.25) is 5.32 Å². The molecule has 4 rings (SSSR count). The number of para-hydroxylation sites is 1. The summed E-state index contributed by atoms with van der Waals surface area (Å²) in [5.74, 6) is -0.0834. The van der Waals surface area contributed by atoms with Crippen LogP contribution in [0.3, 0.4) is 0 Å². The molecule has 1 aromatic heterocycles. The van der Waals surface area contributed by atoms with Crippen LogP contribution in [0.2, 0.25) is 5.02 Å². The minimum absolute atomic E-state index is 0.0834. The zero-order valence-electron chi connectivity index (χ0n) is 15.9. The van der Waals surface area contributed by atoms with E-state index >= 15 is 0 Å². The summed E-state index contributed by atoms with van der Waals surface area (Å²) < 4.78 is 26.6. The summed E-state index contributed by atoms with van der Waals surface area (Å²) in [4.78, 5) is 12.5. The molecule has 0 unspecified atom stereocenters. The molecule has 0 atom stereocenters. The second-order valence-electron chi connectivity index (χ2n) is 6.86. The van der Waals surface area contributed by atoms with Crippen LogP contribution in [0.15, 0.2) is 64.9 Å². The molecule has 1 heterocycles. The van der Waals surface area contributed by atoms with Crippen LogP contribution in [0.25, 0.3) is 6.08 Å². The minimum atomic E-state index is -3.56. The maximum absolute atomic E-state index is 13.1. The third kappa shape index (κ3) is 4.43. The van der Waals surface area contributed by atoms with Crippen LogP contribution in [0.5, 0.6) is 0 Å². The maximum atomic E-state index is 13.1. The monoisotopic (exact) mass is 458 g/mol. The molecule has 0 bridgehead atoms. The lowest BCUT2D eigenvalue weighted by Gasteiger charge is -2.11. The highest BCUT2D eigenvalue weighted by molar-refractivity contribution is 7.92. The number of rotatable bonds is 5. The fourth-order valence-corrected chi connectivity index (χ4v) is 6.68. The first-order valence-corrected chi connectivity index (χ1v) is 12.2. The van der Waals surface area contributed by atoms with Crippen molar-refractivity contribution >= 4 is 55.6 Å². The van der Waals surface area contributed by atoms with Crippen molar-refractivity contribution in [1.82, 2.24) is 0 Å². The van der Waals surface area contributed by atoms with Gasteiger partial charge in [0.05, 0.1) is 16.5 Å². The van der Waals surface area contributed by atoms with Crippen LogP contribution in [-0.4, -0.2) is 14.4 Å². The number of thiophene rings is 1. The van der Waals surface area contributed by atoms with Crippen LogP contribution < -0.4 is 10.6 Å². The number of amides is 2. The normalized spacial score (nSPS) is 13.0. The van der Waals surface area contributed by atoms with E-state index in [0.29, 0.717) is 27.7 Å². The van der Waals surface area contributed by atoms with E-state index in [0.717, 1.165) is 28.9 Å². The standard InChI is InChI=1S/C22H19ClN2O3S2/c23-18-12-6-7-13-19(18)24-22(26)25-20-16-10-4-5-11-17(16)21(29-20)30(27,28)14-15-8-2-1-3-9-15/h1-3,5-9,11-13H,4,10,14H2,(H2,24,25,26). The Balaban J connectivity index is 1.62. The van der Waals surface area contributed by atoms with Gasteiger partial charge in [0, 0.05) is 5.56 Å². The molecule has 0 radical (unpaired) electrons. The first-order valence-electron chi connectivity index (χ1n) is 9.35. The maximum Gasteiger partial charge on any atom is 0.324 e. The van der Waals surface area contributed by atoms with Gasteiger partial charge >= 0.3 is 6.03 Å². The van der Waals surface area contributed by atoms with E-state index in [1.165, 1.54) is 0 Å². The summed E-state index contributed by atoms with van der Waals surface area (Å²) in [5, 5.41) is 6.50. The Kier molecular flexibility index (Phi) is 5.94. The van der Waals surface area contributed by atoms with E-state index in [1.807, 2.05) is 30.4 Å². The number of nitrogens with one attached hydrogen (secondary N) is 2. The highest BCUT2D eigenvalue weighted by atomic mass is 35.5. The van der Waals surface area contributed by atoms with E-state index in [9.17, 15) is 13.2 Å². The van der Waals surface area contributed by atoms with Gasteiger partial charge in [0.2, 0.25) is 0 Å². The van der Waals surface area contributed by atoms with Crippen LogP contribution in [0.1, 0.15) is 23.1 Å². The Morgan fingerprint density at radius 2 is 1.77 bits per heavy atom. The van der Waals surface area contributed by atoms with E-state index in [2.05, 4.69) is 10.6 Å². The van der Waals surface area contributed by atoms with E-state index < -0.39 is 15.9 Å². The molecule has 0 spiro atoms. The molecule has 0 fully saturated rings. The van der Waals surface area contributed by atoms with Crippen molar-refractivity contribution in [2.24, 2.45) is 0 Å². The Hall–Kier alpha value is -2.61. The van der Waals surface area contributed by atoms with E-state index in [-0.39, 0.29) is 9.96 Å². The lowest BCUT2D eigenvalue weighted by atomic mass is 10.0. The number of carbonyl (C=O) groups excluding carboxylic acids is 1. The number of hydrogen-bond acceptors (Lipinski definition) is 4. The number of urea groups is 1. The molecule has 2 amide bonds. The predicted molar refractivity (Wildman–Crippen MR) is 123 cm³/mol. The molecule has 8 heteroatoms. The number of benzene rings is 2. The van der Waals surface area contributed by atoms with Crippen LogP contribution in [0, 0.1) is 0 Å². The third-order valence-electron chi connectivity index (χ3n) is 4.69. The SMILES string of the molecule is O=C(Nc1ccccc1Cl)Nc1sc(S(=O)(=O)Cc2ccccc2)c2c1CCC=C2. The number of halogens is 1. The van der Waals surface area contributed by atoms with Crippen LogP contribution in [0.4, 0.5) is 15.5 Å². The highest BCUT2D eigenvalue weighted by Crippen LogP contribution is 2.41. The largest absolute Gasteiger partial charge is 0.324 e. The van der Waals surface area contributed by atoms with Gasteiger partial charge in [-0.15, -0.1) is 11.3 Å². The molecule has 1 aliphatic rings. The third-order valence-corrected chi connectivity index (χ3v) is 8.49. The van der Waals surface area contributed by atoms with Crippen molar-refractivity contribution in [2.45, 2.75) is 22.8 Å². The second kappa shape index (κ2) is 8.63. The Labute approximate surface area is 184 Å². The van der Waals surface area contributed by atoms with E-state index in [4.69, 9.17) is 11.6 Å². The fraction of sp³-hybridized carbons (Fsp3) is 0.136. The van der Waals surface area contributed by atoms with Gasteiger partial charge < -0.3 is 5.32 Å². The Morgan fingerprint density at radius 3 is 2.53 bits per heavy atom. The molecular weight excluding hydrogens is 440 g/mol. The van der Waals surface area contributed by atoms with Crippen molar-refractivity contribution < 1.29 is 13.2 Å². The van der Waals surface area contributed by atoms with E-state index in [1.54, 1.807) is 36.4 Å². The smallest absolute Gasteiger partial charge is 0.306 e. The van der Waals surface area contributed by atoms with Crippen LogP contribution >= 0.6 is 22.9 Å². The van der Waals surface area contributed by atoms with Gasteiger partial charge in [0.25, 0.3) is 0 Å². The number of sulfone groups is 1. The zero-order valence-corrected chi connectivity index (χ0v) is 18.3. The Morgan fingerprint density at radius 1 is 1.03 bits per heavy atom. The number of anilines is 2. The van der Waals surface area contributed by atoms with Gasteiger partial charge in [-0.1, -0.05) is 66.2 Å². The fourth-order valence-electron chi connectivity index (χ4n) is 3.31. The number of hydrogen-bond donors (Lipinski definition) is 2.